The van der Waals surface area contributed by atoms with Crippen LogP contribution in [0.25, 0.3) is 10.2 Å². The number of carbonyl (C=O) groups is 1. The van der Waals surface area contributed by atoms with Gasteiger partial charge in [-0.15, -0.1) is 34.9 Å². The molecule has 8 heteroatoms. The Kier molecular flexibility index (Phi) is 10.4. The summed E-state index contributed by atoms with van der Waals surface area (Å²) in [5, 5.41) is 4.96. The maximum Gasteiger partial charge on any atom is 0.224 e. The van der Waals surface area contributed by atoms with Crippen molar-refractivity contribution >= 4 is 68.4 Å². The second kappa shape index (κ2) is 13.0. The second-order valence-electron chi connectivity index (χ2n) is 8.43. The number of hydrogen-bond acceptors (Lipinski definition) is 7. The van der Waals surface area contributed by atoms with Crippen LogP contribution in [0, 0.1) is 6.92 Å². The number of para-hydroxylation sites is 1. The first-order valence-electron chi connectivity index (χ1n) is 11.4. The van der Waals surface area contributed by atoms with Crippen molar-refractivity contribution in [3.05, 3.63) is 36.0 Å². The number of anilines is 1. The van der Waals surface area contributed by atoms with Gasteiger partial charge in [-0.25, -0.2) is 9.97 Å². The molecular weight excluding hydrogens is 487 g/mol. The smallest absolute Gasteiger partial charge is 0.224 e. The minimum atomic E-state index is 0.0793. The highest BCUT2D eigenvalue weighted by Crippen LogP contribution is 2.38. The number of fused-ring (bicyclic) bond motifs is 1. The van der Waals surface area contributed by atoms with E-state index in [1.807, 2.05) is 24.8 Å². The highest BCUT2D eigenvalue weighted by molar-refractivity contribution is 8.01. The number of nitrogens with zero attached hydrogens (tertiary/aromatic N) is 2. The third kappa shape index (κ3) is 8.50. The minimum absolute atomic E-state index is 0.0793. The summed E-state index contributed by atoms with van der Waals surface area (Å²) in [6, 6.07) is 10.4. The molecule has 0 spiro atoms. The zero-order valence-electron chi connectivity index (χ0n) is 20.0. The number of benzene rings is 1. The van der Waals surface area contributed by atoms with E-state index in [1.54, 1.807) is 34.9 Å². The molecule has 0 atom stereocenters. The minimum Gasteiger partial charge on any atom is -0.323 e. The summed E-state index contributed by atoms with van der Waals surface area (Å²) in [6.45, 7) is 10.7. The molecule has 0 saturated carbocycles. The lowest BCUT2D eigenvalue weighted by atomic mass is 10.2. The van der Waals surface area contributed by atoms with Crippen molar-refractivity contribution in [3.63, 3.8) is 0 Å². The van der Waals surface area contributed by atoms with Crippen molar-refractivity contribution in [1.82, 2.24) is 9.97 Å². The molecule has 0 aliphatic carbocycles. The topological polar surface area (TPSA) is 54.9 Å². The third-order valence-corrected chi connectivity index (χ3v) is 8.90. The van der Waals surface area contributed by atoms with Crippen molar-refractivity contribution in [2.45, 2.75) is 85.1 Å². The fraction of sp³-hybridized carbons (Fsp3) is 0.480. The number of rotatable bonds is 12. The second-order valence-corrected chi connectivity index (χ2v) is 14.0. The first-order valence-corrected chi connectivity index (χ1v) is 15.0. The van der Waals surface area contributed by atoms with E-state index in [9.17, 15) is 4.79 Å². The SMILES string of the molecule is Cc1cc(SC(C)C)c(NC(=O)CCCCCSc2nc3ccccc3s2)c(SC(C)C)n1. The van der Waals surface area contributed by atoms with Crippen LogP contribution in [0.5, 0.6) is 0 Å². The first kappa shape index (κ1) is 26.4. The number of thiazole rings is 1. The number of unbranched alkanes of at least 4 members (excludes halogenated alkanes) is 2. The average Bonchev–Trinajstić information content (AvgIpc) is 3.15. The fourth-order valence-corrected chi connectivity index (χ4v) is 7.36. The molecule has 2 aromatic heterocycles. The largest absolute Gasteiger partial charge is 0.323 e. The van der Waals surface area contributed by atoms with Gasteiger partial charge in [0.15, 0.2) is 4.34 Å². The molecule has 1 amide bonds. The molecule has 0 saturated heterocycles. The Morgan fingerprint density at radius 1 is 1.03 bits per heavy atom. The monoisotopic (exact) mass is 519 g/mol. The van der Waals surface area contributed by atoms with Crippen LogP contribution in [0.1, 0.15) is 59.1 Å². The third-order valence-electron chi connectivity index (χ3n) is 4.60. The van der Waals surface area contributed by atoms with E-state index in [-0.39, 0.29) is 5.91 Å². The lowest BCUT2D eigenvalue weighted by Crippen LogP contribution is -2.14. The molecule has 33 heavy (non-hydrogen) atoms. The number of nitrogens with one attached hydrogen (secondary N) is 1. The van der Waals surface area contributed by atoms with Gasteiger partial charge in [0.05, 0.1) is 15.9 Å². The van der Waals surface area contributed by atoms with Crippen molar-refractivity contribution in [3.8, 4) is 0 Å². The van der Waals surface area contributed by atoms with Crippen LogP contribution in [-0.4, -0.2) is 32.1 Å². The highest BCUT2D eigenvalue weighted by atomic mass is 32.2. The Morgan fingerprint density at radius 3 is 2.52 bits per heavy atom. The maximum absolute atomic E-state index is 12.8. The molecule has 4 nitrogen and oxygen atoms in total. The molecule has 1 aromatic carbocycles. The maximum atomic E-state index is 12.8. The number of carbonyl (C=O) groups excluding carboxylic acids is 1. The van der Waals surface area contributed by atoms with Gasteiger partial charge in [-0.1, -0.05) is 58.0 Å². The quantitative estimate of drug-likeness (QED) is 0.192. The summed E-state index contributed by atoms with van der Waals surface area (Å²) in [4.78, 5) is 23.3. The van der Waals surface area contributed by atoms with Gasteiger partial charge in [0.25, 0.3) is 0 Å². The van der Waals surface area contributed by atoms with Crippen molar-refractivity contribution in [2.24, 2.45) is 0 Å². The van der Waals surface area contributed by atoms with Crippen LogP contribution in [-0.2, 0) is 4.79 Å². The molecule has 0 aliphatic heterocycles. The van der Waals surface area contributed by atoms with Crippen LogP contribution >= 0.6 is 46.6 Å². The predicted molar refractivity (Wildman–Crippen MR) is 148 cm³/mol. The van der Waals surface area contributed by atoms with Gasteiger partial charge in [0, 0.05) is 33.3 Å². The van der Waals surface area contributed by atoms with E-state index in [0.717, 1.165) is 56.2 Å². The molecule has 0 unspecified atom stereocenters. The Balaban J connectivity index is 1.48. The Bertz CT molecular complexity index is 1000. The van der Waals surface area contributed by atoms with Gasteiger partial charge < -0.3 is 5.32 Å². The van der Waals surface area contributed by atoms with Gasteiger partial charge in [0.1, 0.15) is 5.03 Å². The Hall–Kier alpha value is -1.22. The normalized spacial score (nSPS) is 11.6. The number of pyridine rings is 1. The average molecular weight is 520 g/mol. The van der Waals surface area contributed by atoms with Crippen LogP contribution < -0.4 is 5.32 Å². The summed E-state index contributed by atoms with van der Waals surface area (Å²) in [7, 11) is 0. The highest BCUT2D eigenvalue weighted by Gasteiger charge is 2.17. The summed E-state index contributed by atoms with van der Waals surface area (Å²) >= 11 is 7.06. The van der Waals surface area contributed by atoms with E-state index in [2.05, 4.69) is 62.3 Å². The lowest BCUT2D eigenvalue weighted by molar-refractivity contribution is -0.116. The summed E-state index contributed by atoms with van der Waals surface area (Å²) in [6.07, 6.45) is 3.56. The van der Waals surface area contributed by atoms with E-state index in [1.165, 1.54) is 4.70 Å². The molecule has 2 heterocycles. The number of amides is 1. The van der Waals surface area contributed by atoms with Crippen LogP contribution in [0.15, 0.2) is 44.6 Å². The molecule has 0 fully saturated rings. The van der Waals surface area contributed by atoms with Crippen molar-refractivity contribution in [2.75, 3.05) is 11.1 Å². The first-order chi connectivity index (χ1) is 15.8. The number of aryl methyl sites for hydroxylation is 1. The zero-order valence-corrected chi connectivity index (χ0v) is 23.3. The van der Waals surface area contributed by atoms with Gasteiger partial charge in [-0.05, 0) is 38.0 Å². The molecule has 3 rings (SSSR count). The number of thioether (sulfide) groups is 3. The summed E-state index contributed by atoms with van der Waals surface area (Å²) in [5.74, 6) is 1.11. The summed E-state index contributed by atoms with van der Waals surface area (Å²) < 4.78 is 2.37. The van der Waals surface area contributed by atoms with Crippen molar-refractivity contribution < 1.29 is 4.79 Å². The summed E-state index contributed by atoms with van der Waals surface area (Å²) in [5.41, 5.74) is 2.96. The van der Waals surface area contributed by atoms with Crippen LogP contribution in [0.4, 0.5) is 5.69 Å². The molecule has 0 bridgehead atoms. The molecule has 1 N–H and O–H groups in total. The zero-order chi connectivity index (χ0) is 23.8. The van der Waals surface area contributed by atoms with E-state index >= 15 is 0 Å². The Labute approximate surface area is 214 Å². The fourth-order valence-electron chi connectivity index (χ4n) is 3.22. The van der Waals surface area contributed by atoms with Gasteiger partial charge in [0.2, 0.25) is 5.91 Å². The van der Waals surface area contributed by atoms with E-state index < -0.39 is 0 Å². The molecule has 3 aromatic rings. The molecule has 178 valence electrons. The van der Waals surface area contributed by atoms with Crippen LogP contribution in [0.3, 0.4) is 0 Å². The predicted octanol–water partition coefficient (Wildman–Crippen LogP) is 8.29. The van der Waals surface area contributed by atoms with Gasteiger partial charge in [-0.3, -0.25) is 4.79 Å². The standard InChI is InChI=1S/C25H33N3OS4/c1-16(2)31-21-15-18(5)26-24(32-17(3)4)23(21)28-22(29)13-7-6-10-14-30-25-27-19-11-8-9-12-20(19)33-25/h8-9,11-12,15-17H,6-7,10,13-14H2,1-5H3,(H,28,29). The Morgan fingerprint density at radius 2 is 1.79 bits per heavy atom. The number of hydrogen-bond donors (Lipinski definition) is 1. The molecule has 0 radical (unpaired) electrons. The van der Waals surface area contributed by atoms with Crippen LogP contribution in [0.2, 0.25) is 0 Å². The van der Waals surface area contributed by atoms with E-state index in [0.29, 0.717) is 16.9 Å². The van der Waals surface area contributed by atoms with Gasteiger partial charge in [-0.2, -0.15) is 0 Å². The molecular formula is C25H33N3OS4. The molecule has 0 aliphatic rings. The van der Waals surface area contributed by atoms with Gasteiger partial charge >= 0.3 is 0 Å². The van der Waals surface area contributed by atoms with Crippen molar-refractivity contribution in [1.29, 1.82) is 0 Å². The number of aromatic nitrogens is 2. The lowest BCUT2D eigenvalue weighted by Gasteiger charge is -2.18. The van der Waals surface area contributed by atoms with E-state index in [4.69, 9.17) is 4.98 Å².